The highest BCUT2D eigenvalue weighted by Crippen LogP contribution is 2.38. The number of aliphatic hydroxyl groups excluding tert-OH is 2. The Bertz CT molecular complexity index is 1050. The normalized spacial score (nSPS) is 24.5. The van der Waals surface area contributed by atoms with Gasteiger partial charge in [0.2, 0.25) is 0 Å². The number of hydrogen-bond acceptors (Lipinski definition) is 8. The maximum absolute atomic E-state index is 14.4. The Morgan fingerprint density at radius 1 is 1.23 bits per heavy atom. The molecule has 4 atom stereocenters. The molecule has 0 amide bonds. The van der Waals surface area contributed by atoms with E-state index in [1.54, 1.807) is 6.07 Å². The second-order valence-electron chi connectivity index (χ2n) is 6.43. The molecule has 0 aliphatic carbocycles. The number of aromatic nitrogens is 4. The average molecular weight is 445 g/mol. The van der Waals surface area contributed by atoms with E-state index in [9.17, 15) is 27.8 Å². The van der Waals surface area contributed by atoms with Gasteiger partial charge in [0, 0.05) is 10.6 Å². The van der Waals surface area contributed by atoms with Crippen molar-refractivity contribution in [1.82, 2.24) is 19.5 Å². The van der Waals surface area contributed by atoms with Crippen molar-refractivity contribution in [3.05, 3.63) is 36.9 Å². The molecule has 3 N–H and O–H groups in total. The van der Waals surface area contributed by atoms with Crippen LogP contribution in [0.1, 0.15) is 6.23 Å². The lowest BCUT2D eigenvalue weighted by atomic mass is 10.1. The van der Waals surface area contributed by atoms with Gasteiger partial charge < -0.3 is 20.3 Å². The van der Waals surface area contributed by atoms with Crippen LogP contribution < -0.4 is 5.32 Å². The summed E-state index contributed by atoms with van der Waals surface area (Å²) in [5.74, 6) is 0.195. The maximum atomic E-state index is 14.4. The SMILES string of the molecule is OC[C@H]1O[C@@H](n2cnc3c(Nc4cccc(SC(F)(F)F)c4)ncnc32)[C@@H](F)[C@@H]1O. The minimum Gasteiger partial charge on any atom is -0.394 e. The van der Waals surface area contributed by atoms with Crippen LogP contribution >= 0.6 is 11.8 Å². The van der Waals surface area contributed by atoms with Crippen molar-refractivity contribution in [3.8, 4) is 0 Å². The fourth-order valence-electron chi connectivity index (χ4n) is 3.12. The van der Waals surface area contributed by atoms with Gasteiger partial charge in [-0.25, -0.2) is 19.3 Å². The first-order valence-corrected chi connectivity index (χ1v) is 9.47. The van der Waals surface area contributed by atoms with Crippen LogP contribution in [0.2, 0.25) is 0 Å². The Morgan fingerprint density at radius 3 is 2.73 bits per heavy atom. The molecule has 13 heteroatoms. The summed E-state index contributed by atoms with van der Waals surface area (Å²) in [7, 11) is 0. The number of thioether (sulfide) groups is 1. The summed E-state index contributed by atoms with van der Waals surface area (Å²) < 4.78 is 58.9. The van der Waals surface area contributed by atoms with E-state index in [4.69, 9.17) is 4.74 Å². The van der Waals surface area contributed by atoms with Crippen LogP contribution in [-0.4, -0.2) is 60.2 Å². The van der Waals surface area contributed by atoms with Crippen molar-refractivity contribution in [1.29, 1.82) is 0 Å². The highest BCUT2D eigenvalue weighted by molar-refractivity contribution is 8.00. The molecule has 30 heavy (non-hydrogen) atoms. The number of rotatable bonds is 5. The molecule has 1 saturated heterocycles. The number of imidazole rings is 1. The number of anilines is 2. The molecule has 1 aliphatic heterocycles. The van der Waals surface area contributed by atoms with Crippen LogP contribution in [0.25, 0.3) is 11.2 Å². The maximum Gasteiger partial charge on any atom is 0.446 e. The number of ether oxygens (including phenoxy) is 1. The summed E-state index contributed by atoms with van der Waals surface area (Å²) in [6, 6.07) is 5.66. The smallest absolute Gasteiger partial charge is 0.394 e. The summed E-state index contributed by atoms with van der Waals surface area (Å²) in [5.41, 5.74) is -3.66. The highest BCUT2D eigenvalue weighted by atomic mass is 32.2. The molecule has 8 nitrogen and oxygen atoms in total. The van der Waals surface area contributed by atoms with Gasteiger partial charge in [0.1, 0.15) is 18.5 Å². The predicted molar refractivity (Wildman–Crippen MR) is 98.9 cm³/mol. The second kappa shape index (κ2) is 7.98. The number of halogens is 4. The van der Waals surface area contributed by atoms with Gasteiger partial charge in [0.05, 0.1) is 12.9 Å². The zero-order chi connectivity index (χ0) is 21.5. The quantitative estimate of drug-likeness (QED) is 0.407. The lowest BCUT2D eigenvalue weighted by Crippen LogP contribution is -2.30. The monoisotopic (exact) mass is 445 g/mol. The zero-order valence-corrected chi connectivity index (χ0v) is 15.8. The Kier molecular flexibility index (Phi) is 5.53. The van der Waals surface area contributed by atoms with Crippen LogP contribution in [0.5, 0.6) is 0 Å². The van der Waals surface area contributed by atoms with Gasteiger partial charge in [0.15, 0.2) is 29.4 Å². The third-order valence-electron chi connectivity index (χ3n) is 4.44. The second-order valence-corrected chi connectivity index (χ2v) is 7.57. The Labute approximate surface area is 170 Å². The van der Waals surface area contributed by atoms with Gasteiger partial charge in [-0.15, -0.1) is 0 Å². The van der Waals surface area contributed by atoms with Crippen LogP contribution in [0.3, 0.4) is 0 Å². The van der Waals surface area contributed by atoms with Gasteiger partial charge in [-0.05, 0) is 30.0 Å². The molecule has 160 valence electrons. The van der Waals surface area contributed by atoms with E-state index < -0.39 is 36.7 Å². The van der Waals surface area contributed by atoms with Gasteiger partial charge in [-0.2, -0.15) is 13.2 Å². The van der Waals surface area contributed by atoms with E-state index in [1.807, 2.05) is 0 Å². The number of nitrogens with one attached hydrogen (secondary N) is 1. The Hall–Kier alpha value is -2.48. The largest absolute Gasteiger partial charge is 0.446 e. The molecule has 0 bridgehead atoms. The van der Waals surface area contributed by atoms with Crippen molar-refractivity contribution < 1.29 is 32.5 Å². The van der Waals surface area contributed by atoms with E-state index >= 15 is 0 Å². The molecule has 0 spiro atoms. The van der Waals surface area contributed by atoms with E-state index in [-0.39, 0.29) is 33.6 Å². The first-order chi connectivity index (χ1) is 14.3. The van der Waals surface area contributed by atoms with E-state index in [0.717, 1.165) is 0 Å². The van der Waals surface area contributed by atoms with E-state index in [0.29, 0.717) is 5.69 Å². The molecule has 0 radical (unpaired) electrons. The highest BCUT2D eigenvalue weighted by Gasteiger charge is 2.45. The molecule has 4 rings (SSSR count). The summed E-state index contributed by atoms with van der Waals surface area (Å²) in [4.78, 5) is 12.3. The summed E-state index contributed by atoms with van der Waals surface area (Å²) in [5, 5.41) is 21.9. The third kappa shape index (κ3) is 4.05. The van der Waals surface area contributed by atoms with Crippen molar-refractivity contribution in [2.45, 2.75) is 35.0 Å². The Balaban J connectivity index is 1.63. The van der Waals surface area contributed by atoms with Gasteiger partial charge in [-0.3, -0.25) is 4.57 Å². The van der Waals surface area contributed by atoms with Crippen molar-refractivity contribution in [3.63, 3.8) is 0 Å². The molecule has 1 aromatic carbocycles. The van der Waals surface area contributed by atoms with Crippen molar-refractivity contribution in [2.75, 3.05) is 11.9 Å². The van der Waals surface area contributed by atoms with Crippen LogP contribution in [0.4, 0.5) is 29.1 Å². The van der Waals surface area contributed by atoms with Crippen LogP contribution in [0, 0.1) is 0 Å². The number of fused-ring (bicyclic) bond motifs is 1. The predicted octanol–water partition coefficient (Wildman–Crippen LogP) is 2.77. The summed E-state index contributed by atoms with van der Waals surface area (Å²) in [6.07, 6.45) is -3.23. The molecule has 0 unspecified atom stereocenters. The summed E-state index contributed by atoms with van der Waals surface area (Å²) in [6.45, 7) is -0.557. The fraction of sp³-hybridized carbons (Fsp3) is 0.353. The number of nitrogens with zero attached hydrogens (tertiary/aromatic N) is 4. The number of benzene rings is 1. The third-order valence-corrected chi connectivity index (χ3v) is 5.16. The van der Waals surface area contributed by atoms with E-state index in [2.05, 4.69) is 20.3 Å². The first-order valence-electron chi connectivity index (χ1n) is 8.65. The zero-order valence-electron chi connectivity index (χ0n) is 15.0. The minimum absolute atomic E-state index is 0.00742. The Morgan fingerprint density at radius 2 is 2.03 bits per heavy atom. The van der Waals surface area contributed by atoms with Gasteiger partial charge in [0.25, 0.3) is 0 Å². The van der Waals surface area contributed by atoms with Crippen LogP contribution in [-0.2, 0) is 4.74 Å². The lowest BCUT2D eigenvalue weighted by Gasteiger charge is -2.15. The molecule has 1 aliphatic rings. The van der Waals surface area contributed by atoms with Crippen molar-refractivity contribution >= 4 is 34.4 Å². The first kappa shape index (κ1) is 20.8. The summed E-state index contributed by atoms with van der Waals surface area (Å²) >= 11 is -0.242. The molecule has 3 heterocycles. The molecular formula is C17H15F4N5O3S. The van der Waals surface area contributed by atoms with Crippen LogP contribution in [0.15, 0.2) is 41.8 Å². The van der Waals surface area contributed by atoms with Gasteiger partial charge >= 0.3 is 5.51 Å². The number of aliphatic hydroxyl groups is 2. The molecule has 2 aromatic heterocycles. The number of hydrogen-bond donors (Lipinski definition) is 3. The fourth-order valence-corrected chi connectivity index (χ4v) is 3.72. The molecule has 3 aromatic rings. The molecular weight excluding hydrogens is 430 g/mol. The van der Waals surface area contributed by atoms with E-state index in [1.165, 1.54) is 35.4 Å². The standard InChI is InChI=1S/C17H15F4N5O3S/c18-11-13(28)10(5-27)29-16(11)26-7-24-12-14(22-6-23-15(12)26)25-8-2-1-3-9(4-8)30-17(19,20)21/h1-4,6-7,10-11,13,16,27-28H,5H2,(H,22,23,25)/t10-,11+,13-,16-/m1/s1. The minimum atomic E-state index is -4.42. The topological polar surface area (TPSA) is 105 Å². The molecule has 1 fully saturated rings. The van der Waals surface area contributed by atoms with Gasteiger partial charge in [-0.1, -0.05) is 6.07 Å². The number of alkyl halides is 4. The average Bonchev–Trinajstić information content (AvgIpc) is 3.23. The molecule has 0 saturated carbocycles. The lowest BCUT2D eigenvalue weighted by molar-refractivity contribution is -0.0459. The van der Waals surface area contributed by atoms with Crippen molar-refractivity contribution in [2.24, 2.45) is 0 Å².